The molecule has 2 N–H and O–H groups in total. The number of nitrogens with one attached hydrogen (secondary N) is 2. The summed E-state index contributed by atoms with van der Waals surface area (Å²) >= 11 is 0. The van der Waals surface area contributed by atoms with Crippen LogP contribution in [0.5, 0.6) is 0 Å². The van der Waals surface area contributed by atoms with Gasteiger partial charge in [-0.15, -0.1) is 0 Å². The molecular weight excluding hydrogens is 330 g/mol. The van der Waals surface area contributed by atoms with Gasteiger partial charge in [-0.1, -0.05) is 18.2 Å². The lowest BCUT2D eigenvalue weighted by Crippen LogP contribution is -2.20. The van der Waals surface area contributed by atoms with Gasteiger partial charge in [0.25, 0.3) is 0 Å². The smallest absolute Gasteiger partial charge is 0.232 e. The molecular formula is C20H17N3O3. The van der Waals surface area contributed by atoms with E-state index in [1.807, 2.05) is 36.4 Å². The summed E-state index contributed by atoms with van der Waals surface area (Å²) < 4.78 is 5.48. The van der Waals surface area contributed by atoms with Crippen molar-refractivity contribution in [3.63, 3.8) is 0 Å². The van der Waals surface area contributed by atoms with Crippen molar-refractivity contribution in [1.29, 1.82) is 0 Å². The third-order valence-corrected chi connectivity index (χ3v) is 4.37. The van der Waals surface area contributed by atoms with Gasteiger partial charge in [-0.25, -0.2) is 4.98 Å². The highest BCUT2D eigenvalue weighted by atomic mass is 16.4. The highest BCUT2D eigenvalue weighted by Gasteiger charge is 2.31. The lowest BCUT2D eigenvalue weighted by atomic mass is 9.97. The van der Waals surface area contributed by atoms with Gasteiger partial charge in [-0.05, 0) is 35.9 Å². The van der Waals surface area contributed by atoms with Crippen LogP contribution in [0.1, 0.15) is 23.8 Å². The second kappa shape index (κ2) is 6.48. The van der Waals surface area contributed by atoms with Gasteiger partial charge in [0.1, 0.15) is 0 Å². The molecule has 0 saturated heterocycles. The van der Waals surface area contributed by atoms with Crippen molar-refractivity contribution in [2.24, 2.45) is 0 Å². The standard InChI is InChI=1S/C20H17N3O3/c1-12-21-11-18(26-12)13-6-8-14(9-7-13)22-19(24)10-16-15-4-2-3-5-17(15)23-20(16)25/h2-9,11,16H,10H2,1H3,(H,22,24)(H,23,25)/t16-/m0/s1. The number of aromatic nitrogens is 1. The minimum Gasteiger partial charge on any atom is -0.441 e. The number of benzene rings is 2. The van der Waals surface area contributed by atoms with E-state index >= 15 is 0 Å². The summed E-state index contributed by atoms with van der Waals surface area (Å²) in [7, 11) is 0. The van der Waals surface area contributed by atoms with Crippen LogP contribution in [0.3, 0.4) is 0 Å². The summed E-state index contributed by atoms with van der Waals surface area (Å²) in [5.41, 5.74) is 3.19. The van der Waals surface area contributed by atoms with Gasteiger partial charge < -0.3 is 15.1 Å². The minimum absolute atomic E-state index is 0.103. The van der Waals surface area contributed by atoms with E-state index in [9.17, 15) is 9.59 Å². The summed E-state index contributed by atoms with van der Waals surface area (Å²) in [5, 5.41) is 5.65. The molecule has 0 fully saturated rings. The van der Waals surface area contributed by atoms with Gasteiger partial charge in [0.15, 0.2) is 11.7 Å². The fourth-order valence-electron chi connectivity index (χ4n) is 3.09. The van der Waals surface area contributed by atoms with Gasteiger partial charge in [0, 0.05) is 30.3 Å². The van der Waals surface area contributed by atoms with E-state index in [0.29, 0.717) is 17.3 Å². The molecule has 0 aliphatic carbocycles. The predicted octanol–water partition coefficient (Wildman–Crippen LogP) is 3.71. The Morgan fingerprint density at radius 1 is 1.19 bits per heavy atom. The number of carbonyl (C=O) groups is 2. The second-order valence-corrected chi connectivity index (χ2v) is 6.20. The number of anilines is 2. The highest BCUT2D eigenvalue weighted by molar-refractivity contribution is 6.06. The molecule has 6 heteroatoms. The molecule has 2 amide bonds. The molecule has 0 spiro atoms. The molecule has 0 radical (unpaired) electrons. The molecule has 0 saturated carbocycles. The lowest BCUT2D eigenvalue weighted by molar-refractivity contribution is -0.122. The molecule has 130 valence electrons. The van der Waals surface area contributed by atoms with Gasteiger partial charge in [-0.2, -0.15) is 0 Å². The van der Waals surface area contributed by atoms with Crippen molar-refractivity contribution < 1.29 is 14.0 Å². The number of para-hydroxylation sites is 1. The first kappa shape index (κ1) is 16.1. The van der Waals surface area contributed by atoms with E-state index in [1.54, 1.807) is 25.3 Å². The molecule has 0 unspecified atom stereocenters. The van der Waals surface area contributed by atoms with Crippen molar-refractivity contribution in [2.75, 3.05) is 10.6 Å². The first-order chi connectivity index (χ1) is 12.6. The average Bonchev–Trinajstić information content (AvgIpc) is 3.19. The van der Waals surface area contributed by atoms with Crippen molar-refractivity contribution in [3.8, 4) is 11.3 Å². The lowest BCUT2D eigenvalue weighted by Gasteiger charge is -2.10. The van der Waals surface area contributed by atoms with Crippen LogP contribution in [0.15, 0.2) is 59.1 Å². The number of nitrogens with zero attached hydrogens (tertiary/aromatic N) is 1. The van der Waals surface area contributed by atoms with E-state index in [-0.39, 0.29) is 18.2 Å². The molecule has 1 aromatic heterocycles. The molecule has 6 nitrogen and oxygen atoms in total. The maximum absolute atomic E-state index is 12.4. The molecule has 4 rings (SSSR count). The number of rotatable bonds is 4. The van der Waals surface area contributed by atoms with E-state index < -0.39 is 5.92 Å². The SMILES string of the molecule is Cc1ncc(-c2ccc(NC(=O)C[C@@H]3C(=O)Nc4ccccc43)cc2)o1. The zero-order chi connectivity index (χ0) is 18.1. The topological polar surface area (TPSA) is 84.2 Å². The second-order valence-electron chi connectivity index (χ2n) is 6.20. The summed E-state index contributed by atoms with van der Waals surface area (Å²) in [5.74, 6) is 0.484. The van der Waals surface area contributed by atoms with Crippen LogP contribution in [0.2, 0.25) is 0 Å². The van der Waals surface area contributed by atoms with Crippen LogP contribution in [0.25, 0.3) is 11.3 Å². The van der Waals surface area contributed by atoms with Gasteiger partial charge in [0.2, 0.25) is 11.8 Å². The van der Waals surface area contributed by atoms with Crippen LogP contribution in [0, 0.1) is 6.92 Å². The van der Waals surface area contributed by atoms with Crippen molar-refractivity contribution in [1.82, 2.24) is 4.98 Å². The Hall–Kier alpha value is -3.41. The maximum atomic E-state index is 12.4. The third kappa shape index (κ3) is 3.09. The Morgan fingerprint density at radius 2 is 1.96 bits per heavy atom. The van der Waals surface area contributed by atoms with Crippen LogP contribution in [-0.4, -0.2) is 16.8 Å². The zero-order valence-electron chi connectivity index (χ0n) is 14.2. The normalized spacial score (nSPS) is 15.4. The fraction of sp³-hybridized carbons (Fsp3) is 0.150. The summed E-state index contributed by atoms with van der Waals surface area (Å²) in [6.07, 6.45) is 1.77. The summed E-state index contributed by atoms with van der Waals surface area (Å²) in [4.78, 5) is 28.6. The first-order valence-electron chi connectivity index (χ1n) is 8.32. The quantitative estimate of drug-likeness (QED) is 0.753. The largest absolute Gasteiger partial charge is 0.441 e. The average molecular weight is 347 g/mol. The van der Waals surface area contributed by atoms with Crippen LogP contribution in [-0.2, 0) is 9.59 Å². The van der Waals surface area contributed by atoms with Crippen molar-refractivity contribution in [3.05, 3.63) is 66.2 Å². The van der Waals surface area contributed by atoms with Crippen molar-refractivity contribution in [2.45, 2.75) is 19.3 Å². The number of aryl methyl sites for hydroxylation is 1. The predicted molar refractivity (Wildman–Crippen MR) is 97.7 cm³/mol. The molecule has 1 aliphatic rings. The summed E-state index contributed by atoms with van der Waals surface area (Å²) in [6.45, 7) is 1.79. The Balaban J connectivity index is 1.43. The monoisotopic (exact) mass is 347 g/mol. The molecule has 26 heavy (non-hydrogen) atoms. The minimum atomic E-state index is -0.456. The number of hydrogen-bond acceptors (Lipinski definition) is 4. The molecule has 0 bridgehead atoms. The Labute approximate surface area is 150 Å². The molecule has 1 atom stereocenters. The number of carbonyl (C=O) groups excluding carboxylic acids is 2. The Bertz CT molecular complexity index is 976. The fourth-order valence-corrected chi connectivity index (χ4v) is 3.09. The highest BCUT2D eigenvalue weighted by Crippen LogP contribution is 2.34. The Kier molecular flexibility index (Phi) is 4.01. The van der Waals surface area contributed by atoms with E-state index in [4.69, 9.17) is 4.42 Å². The summed E-state index contributed by atoms with van der Waals surface area (Å²) in [6, 6.07) is 14.8. The van der Waals surface area contributed by atoms with E-state index in [2.05, 4.69) is 15.6 Å². The Morgan fingerprint density at radius 3 is 2.69 bits per heavy atom. The van der Waals surface area contributed by atoms with Crippen molar-refractivity contribution >= 4 is 23.2 Å². The van der Waals surface area contributed by atoms with E-state index in [1.165, 1.54) is 0 Å². The number of hydrogen-bond donors (Lipinski definition) is 2. The van der Waals surface area contributed by atoms with Gasteiger partial charge in [-0.3, -0.25) is 9.59 Å². The van der Waals surface area contributed by atoms with Crippen LogP contribution in [0.4, 0.5) is 11.4 Å². The number of fused-ring (bicyclic) bond motifs is 1. The van der Waals surface area contributed by atoms with Gasteiger partial charge in [0.05, 0.1) is 12.1 Å². The van der Waals surface area contributed by atoms with Gasteiger partial charge >= 0.3 is 0 Å². The molecule has 2 heterocycles. The zero-order valence-corrected chi connectivity index (χ0v) is 14.2. The van der Waals surface area contributed by atoms with E-state index in [0.717, 1.165) is 16.8 Å². The molecule has 3 aromatic rings. The third-order valence-electron chi connectivity index (χ3n) is 4.37. The number of amides is 2. The number of oxazole rings is 1. The maximum Gasteiger partial charge on any atom is 0.232 e. The van der Waals surface area contributed by atoms with Crippen LogP contribution < -0.4 is 10.6 Å². The molecule has 1 aliphatic heterocycles. The van der Waals surface area contributed by atoms with Crippen LogP contribution >= 0.6 is 0 Å². The first-order valence-corrected chi connectivity index (χ1v) is 8.32. The molecule has 2 aromatic carbocycles.